The van der Waals surface area contributed by atoms with Crippen LogP contribution in [0.15, 0.2) is 48.5 Å². The first-order chi connectivity index (χ1) is 12.7. The molecule has 2 rings (SSSR count). The molecule has 0 atom stereocenters. The molecule has 27 heavy (non-hydrogen) atoms. The van der Waals surface area contributed by atoms with Crippen molar-refractivity contribution in [2.45, 2.75) is 13.3 Å². The number of carbonyl (C=O) groups is 2. The van der Waals surface area contributed by atoms with Gasteiger partial charge in [0.05, 0.1) is 19.1 Å². The maximum Gasteiger partial charge on any atom is 0.232 e. The Balaban J connectivity index is 2.06. The van der Waals surface area contributed by atoms with E-state index >= 15 is 0 Å². The van der Waals surface area contributed by atoms with Gasteiger partial charge in [-0.2, -0.15) is 0 Å². The van der Waals surface area contributed by atoms with Crippen molar-refractivity contribution in [3.63, 3.8) is 0 Å². The summed E-state index contributed by atoms with van der Waals surface area (Å²) >= 11 is 0. The van der Waals surface area contributed by atoms with Gasteiger partial charge in [-0.25, -0.2) is 8.42 Å². The summed E-state index contributed by atoms with van der Waals surface area (Å²) in [7, 11) is -2.07. The summed E-state index contributed by atoms with van der Waals surface area (Å²) in [5.41, 5.74) is 1.52. The van der Waals surface area contributed by atoms with Crippen LogP contribution in [0.3, 0.4) is 0 Å². The Morgan fingerprint density at radius 1 is 1.11 bits per heavy atom. The van der Waals surface area contributed by atoms with E-state index in [4.69, 9.17) is 4.74 Å². The molecule has 7 nitrogen and oxygen atoms in total. The maximum absolute atomic E-state index is 12.2. The van der Waals surface area contributed by atoms with E-state index < -0.39 is 10.0 Å². The topological polar surface area (TPSA) is 92.8 Å². The predicted octanol–water partition coefficient (Wildman–Crippen LogP) is 2.69. The van der Waals surface area contributed by atoms with Gasteiger partial charge in [-0.15, -0.1) is 0 Å². The van der Waals surface area contributed by atoms with Gasteiger partial charge in [0.2, 0.25) is 15.9 Å². The zero-order chi connectivity index (χ0) is 20.0. The number of ketones is 1. The number of methoxy groups -OCH3 is 1. The molecule has 0 fully saturated rings. The van der Waals surface area contributed by atoms with Crippen LogP contribution in [0.25, 0.3) is 0 Å². The summed E-state index contributed by atoms with van der Waals surface area (Å²) < 4.78 is 30.5. The number of hydrogen-bond donors (Lipinski definition) is 1. The van der Waals surface area contributed by atoms with Gasteiger partial charge in [0, 0.05) is 30.3 Å². The monoisotopic (exact) mass is 390 g/mol. The smallest absolute Gasteiger partial charge is 0.232 e. The molecular formula is C19H22N2O5S. The van der Waals surface area contributed by atoms with E-state index in [0.29, 0.717) is 22.7 Å². The highest BCUT2D eigenvalue weighted by Gasteiger charge is 2.19. The van der Waals surface area contributed by atoms with Crippen molar-refractivity contribution in [2.24, 2.45) is 0 Å². The number of benzene rings is 2. The molecule has 0 saturated heterocycles. The first kappa shape index (κ1) is 20.4. The molecule has 0 aliphatic rings. The van der Waals surface area contributed by atoms with Crippen LogP contribution in [0, 0.1) is 0 Å². The number of nitrogens with one attached hydrogen (secondary N) is 1. The molecule has 1 amide bonds. The fraction of sp³-hybridized carbons (Fsp3) is 0.263. The number of hydrogen-bond acceptors (Lipinski definition) is 5. The molecule has 8 heteroatoms. The SMILES string of the molecule is COc1cccc(N(CCC(=O)Nc2ccc(C(C)=O)cc2)S(C)(=O)=O)c1. The number of amides is 1. The molecule has 0 heterocycles. The number of ether oxygens (including phenoxy) is 1. The molecule has 1 N–H and O–H groups in total. The number of sulfonamides is 1. The third-order valence-corrected chi connectivity index (χ3v) is 5.05. The first-order valence-electron chi connectivity index (χ1n) is 8.23. The molecule has 0 aliphatic heterocycles. The maximum atomic E-state index is 12.2. The van der Waals surface area contributed by atoms with E-state index in [-0.39, 0.29) is 24.7 Å². The lowest BCUT2D eigenvalue weighted by molar-refractivity contribution is -0.116. The Morgan fingerprint density at radius 3 is 2.33 bits per heavy atom. The summed E-state index contributed by atoms with van der Waals surface area (Å²) in [6, 6.07) is 13.1. The fourth-order valence-electron chi connectivity index (χ4n) is 2.47. The van der Waals surface area contributed by atoms with Crippen LogP contribution in [0.1, 0.15) is 23.7 Å². The number of carbonyl (C=O) groups excluding carboxylic acids is 2. The predicted molar refractivity (Wildman–Crippen MR) is 105 cm³/mol. The van der Waals surface area contributed by atoms with Crippen molar-refractivity contribution < 1.29 is 22.7 Å². The van der Waals surface area contributed by atoms with Gasteiger partial charge in [0.1, 0.15) is 5.75 Å². The van der Waals surface area contributed by atoms with Gasteiger partial charge >= 0.3 is 0 Å². The minimum Gasteiger partial charge on any atom is -0.497 e. The number of rotatable bonds is 8. The summed E-state index contributed by atoms with van der Waals surface area (Å²) in [6.07, 6.45) is 1.06. The molecule has 0 spiro atoms. The highest BCUT2D eigenvalue weighted by Crippen LogP contribution is 2.23. The van der Waals surface area contributed by atoms with E-state index in [1.807, 2.05) is 0 Å². The minimum absolute atomic E-state index is 0.0106. The van der Waals surface area contributed by atoms with Crippen molar-refractivity contribution in [3.05, 3.63) is 54.1 Å². The van der Waals surface area contributed by atoms with Gasteiger partial charge in [-0.1, -0.05) is 6.07 Å². The highest BCUT2D eigenvalue weighted by atomic mass is 32.2. The van der Waals surface area contributed by atoms with Crippen molar-refractivity contribution >= 4 is 33.1 Å². The third-order valence-electron chi connectivity index (χ3n) is 3.86. The largest absolute Gasteiger partial charge is 0.497 e. The van der Waals surface area contributed by atoms with Crippen molar-refractivity contribution in [1.82, 2.24) is 0 Å². The molecule has 0 aromatic heterocycles. The molecule has 2 aromatic rings. The van der Waals surface area contributed by atoms with E-state index in [1.54, 1.807) is 48.5 Å². The lowest BCUT2D eigenvalue weighted by Crippen LogP contribution is -2.33. The van der Waals surface area contributed by atoms with Crippen LogP contribution < -0.4 is 14.4 Å². The Kier molecular flexibility index (Phi) is 6.57. The number of Topliss-reactive ketones (excluding diaryl/α,β-unsaturated/α-hetero) is 1. The molecule has 2 aromatic carbocycles. The van der Waals surface area contributed by atoms with Crippen LogP contribution in [-0.2, 0) is 14.8 Å². The lowest BCUT2D eigenvalue weighted by atomic mass is 10.1. The average Bonchev–Trinajstić information content (AvgIpc) is 2.61. The summed E-state index contributed by atoms with van der Waals surface area (Å²) in [5.74, 6) is 0.133. The molecule has 144 valence electrons. The Hall–Kier alpha value is -2.87. The average molecular weight is 390 g/mol. The molecular weight excluding hydrogens is 368 g/mol. The number of nitrogens with zero attached hydrogens (tertiary/aromatic N) is 1. The third kappa shape index (κ3) is 5.82. The molecule has 0 bridgehead atoms. The summed E-state index contributed by atoms with van der Waals surface area (Å²) in [5, 5.41) is 2.69. The molecule has 0 saturated carbocycles. The normalized spacial score (nSPS) is 10.9. The standard InChI is InChI=1S/C19H22N2O5S/c1-14(22)15-7-9-16(10-8-15)20-19(23)11-12-21(27(3,24)25)17-5-4-6-18(13-17)26-2/h4-10,13H,11-12H2,1-3H3,(H,20,23). The van der Waals surface area contributed by atoms with E-state index in [1.165, 1.54) is 14.0 Å². The van der Waals surface area contributed by atoms with Crippen LogP contribution >= 0.6 is 0 Å². The second kappa shape index (κ2) is 8.68. The van der Waals surface area contributed by atoms with Gasteiger partial charge in [0.25, 0.3) is 0 Å². The van der Waals surface area contributed by atoms with Crippen LogP contribution in [0.2, 0.25) is 0 Å². The van der Waals surface area contributed by atoms with E-state index in [9.17, 15) is 18.0 Å². The van der Waals surface area contributed by atoms with Crippen molar-refractivity contribution in [3.8, 4) is 5.75 Å². The first-order valence-corrected chi connectivity index (χ1v) is 10.1. The molecule has 0 unspecified atom stereocenters. The quantitative estimate of drug-likeness (QED) is 0.700. The molecule has 0 radical (unpaired) electrons. The van der Waals surface area contributed by atoms with Gasteiger partial charge < -0.3 is 10.1 Å². The molecule has 0 aliphatic carbocycles. The Bertz CT molecular complexity index is 923. The zero-order valence-corrected chi connectivity index (χ0v) is 16.2. The van der Waals surface area contributed by atoms with Crippen LogP contribution in [0.5, 0.6) is 5.75 Å². The van der Waals surface area contributed by atoms with Crippen LogP contribution in [-0.4, -0.2) is 40.0 Å². The van der Waals surface area contributed by atoms with Crippen LogP contribution in [0.4, 0.5) is 11.4 Å². The lowest BCUT2D eigenvalue weighted by Gasteiger charge is -2.22. The van der Waals surface area contributed by atoms with Gasteiger partial charge in [-0.05, 0) is 43.3 Å². The fourth-order valence-corrected chi connectivity index (χ4v) is 3.39. The van der Waals surface area contributed by atoms with Crippen molar-refractivity contribution in [1.29, 1.82) is 0 Å². The Labute approximate surface area is 159 Å². The zero-order valence-electron chi connectivity index (χ0n) is 15.4. The highest BCUT2D eigenvalue weighted by molar-refractivity contribution is 7.92. The summed E-state index contributed by atoms with van der Waals surface area (Å²) in [6.45, 7) is 1.45. The number of anilines is 2. The second-order valence-corrected chi connectivity index (χ2v) is 7.88. The summed E-state index contributed by atoms with van der Waals surface area (Å²) in [4.78, 5) is 23.5. The Morgan fingerprint density at radius 2 is 1.78 bits per heavy atom. The minimum atomic E-state index is -3.57. The van der Waals surface area contributed by atoms with Gasteiger partial charge in [0.15, 0.2) is 5.78 Å². The van der Waals surface area contributed by atoms with E-state index in [2.05, 4.69) is 5.32 Å². The van der Waals surface area contributed by atoms with Gasteiger partial charge in [-0.3, -0.25) is 13.9 Å². The van der Waals surface area contributed by atoms with E-state index in [0.717, 1.165) is 10.6 Å². The second-order valence-electron chi connectivity index (χ2n) is 5.97. The van der Waals surface area contributed by atoms with Crippen molar-refractivity contribution in [2.75, 3.05) is 29.5 Å².